The highest BCUT2D eigenvalue weighted by atomic mass is 32.1. The number of ether oxygens (including phenoxy) is 2. The Morgan fingerprint density at radius 1 is 1.08 bits per heavy atom. The summed E-state index contributed by atoms with van der Waals surface area (Å²) >= 11 is 5.29. The maximum atomic E-state index is 10.7. The van der Waals surface area contributed by atoms with Crippen LogP contribution in [0.1, 0.15) is 5.56 Å². The summed E-state index contributed by atoms with van der Waals surface area (Å²) in [6.07, 6.45) is -0.00791. The number of hydrogen-bond donors (Lipinski definition) is 3. The summed E-state index contributed by atoms with van der Waals surface area (Å²) in [6.45, 7) is 0. The molecular formula is C17H18N2O4S. The quantitative estimate of drug-likeness (QED) is 0.693. The molecule has 126 valence electrons. The van der Waals surface area contributed by atoms with Crippen molar-refractivity contribution in [2.75, 3.05) is 24.9 Å². The van der Waals surface area contributed by atoms with Crippen molar-refractivity contribution in [1.82, 2.24) is 0 Å². The van der Waals surface area contributed by atoms with E-state index in [1.165, 1.54) is 0 Å². The fourth-order valence-electron chi connectivity index (χ4n) is 2.07. The molecule has 0 fully saturated rings. The van der Waals surface area contributed by atoms with Crippen molar-refractivity contribution in [2.24, 2.45) is 0 Å². The van der Waals surface area contributed by atoms with Crippen LogP contribution < -0.4 is 20.1 Å². The molecule has 2 aromatic carbocycles. The molecule has 0 heterocycles. The second kappa shape index (κ2) is 8.16. The SMILES string of the molecule is COc1ccc(NC(=S)Nc2ccc(CC(=O)O)cc2)c(OC)c1. The number of carboxylic acids is 1. The molecule has 0 aliphatic rings. The molecule has 2 rings (SSSR count). The summed E-state index contributed by atoms with van der Waals surface area (Å²) in [7, 11) is 3.15. The van der Waals surface area contributed by atoms with E-state index in [2.05, 4.69) is 10.6 Å². The molecule has 0 aromatic heterocycles. The Labute approximate surface area is 145 Å². The van der Waals surface area contributed by atoms with Crippen molar-refractivity contribution in [3.63, 3.8) is 0 Å². The van der Waals surface area contributed by atoms with Crippen LogP contribution in [0.25, 0.3) is 0 Å². The number of methoxy groups -OCH3 is 2. The van der Waals surface area contributed by atoms with Crippen LogP contribution in [0.5, 0.6) is 11.5 Å². The largest absolute Gasteiger partial charge is 0.497 e. The highest BCUT2D eigenvalue weighted by molar-refractivity contribution is 7.80. The van der Waals surface area contributed by atoms with Gasteiger partial charge in [0, 0.05) is 11.8 Å². The Hall–Kier alpha value is -2.80. The van der Waals surface area contributed by atoms with Crippen LogP contribution in [0.2, 0.25) is 0 Å². The van der Waals surface area contributed by atoms with Gasteiger partial charge in [0.2, 0.25) is 0 Å². The van der Waals surface area contributed by atoms with Crippen LogP contribution in [0.15, 0.2) is 42.5 Å². The van der Waals surface area contributed by atoms with Gasteiger partial charge < -0.3 is 25.2 Å². The molecule has 0 radical (unpaired) electrons. The highest BCUT2D eigenvalue weighted by Crippen LogP contribution is 2.29. The Balaban J connectivity index is 2.01. The van der Waals surface area contributed by atoms with Crippen molar-refractivity contribution in [3.05, 3.63) is 48.0 Å². The van der Waals surface area contributed by atoms with Gasteiger partial charge in [-0.05, 0) is 42.0 Å². The van der Waals surface area contributed by atoms with Gasteiger partial charge in [-0.3, -0.25) is 4.79 Å². The van der Waals surface area contributed by atoms with Crippen molar-refractivity contribution >= 4 is 34.7 Å². The standard InChI is InChI=1S/C17H18N2O4S/c1-22-13-7-8-14(15(10-13)23-2)19-17(24)18-12-5-3-11(4-6-12)9-16(20)21/h3-8,10H,9H2,1-2H3,(H,20,21)(H2,18,19,24). The van der Waals surface area contributed by atoms with Gasteiger partial charge in [0.25, 0.3) is 0 Å². The van der Waals surface area contributed by atoms with Gasteiger partial charge in [-0.15, -0.1) is 0 Å². The van der Waals surface area contributed by atoms with Crippen molar-refractivity contribution in [3.8, 4) is 11.5 Å². The van der Waals surface area contributed by atoms with E-state index in [1.54, 1.807) is 50.6 Å². The lowest BCUT2D eigenvalue weighted by atomic mass is 10.1. The van der Waals surface area contributed by atoms with E-state index in [-0.39, 0.29) is 6.42 Å². The van der Waals surface area contributed by atoms with Gasteiger partial charge in [-0.25, -0.2) is 0 Å². The molecule has 0 unspecified atom stereocenters. The molecule has 0 aliphatic heterocycles. The van der Waals surface area contributed by atoms with E-state index in [1.807, 2.05) is 6.07 Å². The first kappa shape index (κ1) is 17.6. The zero-order valence-electron chi connectivity index (χ0n) is 13.3. The maximum absolute atomic E-state index is 10.7. The van der Waals surface area contributed by atoms with E-state index in [0.717, 1.165) is 11.3 Å². The van der Waals surface area contributed by atoms with Crippen LogP contribution in [-0.4, -0.2) is 30.4 Å². The van der Waals surface area contributed by atoms with Crippen molar-refractivity contribution in [1.29, 1.82) is 0 Å². The summed E-state index contributed by atoms with van der Waals surface area (Å²) < 4.78 is 10.5. The Morgan fingerprint density at radius 2 is 1.79 bits per heavy atom. The number of thiocarbonyl (C=S) groups is 1. The third kappa shape index (κ3) is 4.85. The van der Waals surface area contributed by atoms with E-state index in [9.17, 15) is 4.79 Å². The summed E-state index contributed by atoms with van der Waals surface area (Å²) in [4.78, 5) is 10.7. The number of carbonyl (C=O) groups is 1. The highest BCUT2D eigenvalue weighted by Gasteiger charge is 2.07. The molecule has 0 bridgehead atoms. The Kier molecular flexibility index (Phi) is 5.97. The molecular weight excluding hydrogens is 328 g/mol. The number of anilines is 2. The first-order chi connectivity index (χ1) is 11.5. The second-order valence-corrected chi connectivity index (χ2v) is 5.32. The van der Waals surface area contributed by atoms with E-state index >= 15 is 0 Å². The zero-order chi connectivity index (χ0) is 17.5. The van der Waals surface area contributed by atoms with Crippen molar-refractivity contribution < 1.29 is 19.4 Å². The fourth-order valence-corrected chi connectivity index (χ4v) is 2.29. The van der Waals surface area contributed by atoms with E-state index in [4.69, 9.17) is 26.8 Å². The molecule has 6 nitrogen and oxygen atoms in total. The Morgan fingerprint density at radius 3 is 2.38 bits per heavy atom. The van der Waals surface area contributed by atoms with Gasteiger partial charge in [0.1, 0.15) is 11.5 Å². The minimum absolute atomic E-state index is 0.00791. The minimum atomic E-state index is -0.862. The van der Waals surface area contributed by atoms with Crippen molar-refractivity contribution in [2.45, 2.75) is 6.42 Å². The zero-order valence-corrected chi connectivity index (χ0v) is 14.1. The monoisotopic (exact) mass is 346 g/mol. The lowest BCUT2D eigenvalue weighted by molar-refractivity contribution is -0.136. The number of rotatable bonds is 6. The lowest BCUT2D eigenvalue weighted by Crippen LogP contribution is -2.19. The third-order valence-electron chi connectivity index (χ3n) is 3.22. The average Bonchev–Trinajstić information content (AvgIpc) is 2.56. The molecule has 0 spiro atoms. The van der Waals surface area contributed by atoms with E-state index < -0.39 is 5.97 Å². The molecule has 24 heavy (non-hydrogen) atoms. The number of carboxylic acid groups (broad SMARTS) is 1. The number of aliphatic carboxylic acids is 1. The number of hydrogen-bond acceptors (Lipinski definition) is 4. The van der Waals surface area contributed by atoms with Gasteiger partial charge >= 0.3 is 5.97 Å². The van der Waals surface area contributed by atoms with Crippen LogP contribution in [0, 0.1) is 0 Å². The number of nitrogens with one attached hydrogen (secondary N) is 2. The Bertz CT molecular complexity index is 732. The summed E-state index contributed by atoms with van der Waals surface area (Å²) in [5, 5.41) is 15.2. The molecule has 0 amide bonds. The van der Waals surface area contributed by atoms with Crippen LogP contribution in [0.3, 0.4) is 0 Å². The predicted molar refractivity (Wildman–Crippen MR) is 97.2 cm³/mol. The van der Waals surface area contributed by atoms with Gasteiger partial charge in [-0.1, -0.05) is 12.1 Å². The molecule has 0 aliphatic carbocycles. The van der Waals surface area contributed by atoms with Gasteiger partial charge in [0.15, 0.2) is 5.11 Å². The average molecular weight is 346 g/mol. The van der Waals surface area contributed by atoms with E-state index in [0.29, 0.717) is 22.3 Å². The summed E-state index contributed by atoms with van der Waals surface area (Å²) in [5.41, 5.74) is 2.19. The summed E-state index contributed by atoms with van der Waals surface area (Å²) in [6, 6.07) is 12.4. The normalized spacial score (nSPS) is 9.92. The molecule has 3 N–H and O–H groups in total. The molecule has 0 saturated carbocycles. The predicted octanol–water partition coefficient (Wildman–Crippen LogP) is 3.14. The van der Waals surface area contributed by atoms with Crippen LogP contribution >= 0.6 is 12.2 Å². The molecule has 7 heteroatoms. The third-order valence-corrected chi connectivity index (χ3v) is 3.43. The topological polar surface area (TPSA) is 79.8 Å². The van der Waals surface area contributed by atoms with Crippen LogP contribution in [0.4, 0.5) is 11.4 Å². The molecule has 0 atom stereocenters. The lowest BCUT2D eigenvalue weighted by Gasteiger charge is -2.14. The smallest absolute Gasteiger partial charge is 0.307 e. The second-order valence-electron chi connectivity index (χ2n) is 4.91. The first-order valence-electron chi connectivity index (χ1n) is 7.12. The summed E-state index contributed by atoms with van der Waals surface area (Å²) in [5.74, 6) is 0.431. The molecule has 0 saturated heterocycles. The molecule has 2 aromatic rings. The fraction of sp³-hybridized carbons (Fsp3) is 0.176. The van der Waals surface area contributed by atoms with Gasteiger partial charge in [0.05, 0.1) is 26.3 Å². The first-order valence-corrected chi connectivity index (χ1v) is 7.53. The maximum Gasteiger partial charge on any atom is 0.307 e. The number of benzene rings is 2. The minimum Gasteiger partial charge on any atom is -0.497 e. The van der Waals surface area contributed by atoms with Crippen LogP contribution in [-0.2, 0) is 11.2 Å². The van der Waals surface area contributed by atoms with Gasteiger partial charge in [-0.2, -0.15) is 0 Å².